The lowest BCUT2D eigenvalue weighted by Crippen LogP contribution is -2.29. The van der Waals surface area contributed by atoms with Crippen LogP contribution < -0.4 is 20.1 Å². The van der Waals surface area contributed by atoms with Gasteiger partial charge in [-0.15, -0.1) is 0 Å². The van der Waals surface area contributed by atoms with Crippen LogP contribution in [0, 0.1) is 0 Å². The largest absolute Gasteiger partial charge is 0.497 e. The number of methoxy groups -OCH3 is 2. The molecular weight excluding hydrogens is 272 g/mol. The van der Waals surface area contributed by atoms with Gasteiger partial charge in [-0.1, -0.05) is 6.07 Å². The normalized spacial score (nSPS) is 9.86. The first-order chi connectivity index (χ1) is 10.1. The third kappa shape index (κ3) is 6.16. The molecule has 0 aliphatic rings. The zero-order valence-corrected chi connectivity index (χ0v) is 12.7. The van der Waals surface area contributed by atoms with Crippen LogP contribution in [0.2, 0.25) is 0 Å². The average molecular weight is 294 g/mol. The summed E-state index contributed by atoms with van der Waals surface area (Å²) in [5, 5.41) is 5.48. The van der Waals surface area contributed by atoms with E-state index in [1.54, 1.807) is 26.4 Å². The molecule has 0 aliphatic carbocycles. The maximum absolute atomic E-state index is 11.8. The van der Waals surface area contributed by atoms with Crippen molar-refractivity contribution in [3.8, 4) is 11.5 Å². The molecule has 0 aliphatic heterocycles. The van der Waals surface area contributed by atoms with Gasteiger partial charge in [0.15, 0.2) is 0 Å². The van der Waals surface area contributed by atoms with Crippen LogP contribution in [0.15, 0.2) is 18.2 Å². The van der Waals surface area contributed by atoms with Gasteiger partial charge in [0.1, 0.15) is 11.5 Å². The van der Waals surface area contributed by atoms with Gasteiger partial charge in [-0.05, 0) is 12.5 Å². The number of carbonyl (C=O) groups is 2. The minimum atomic E-state index is -0.0821. The molecule has 0 unspecified atom stereocenters. The maximum Gasteiger partial charge on any atom is 0.224 e. The van der Waals surface area contributed by atoms with Gasteiger partial charge < -0.3 is 20.1 Å². The van der Waals surface area contributed by atoms with E-state index in [0.29, 0.717) is 31.0 Å². The highest BCUT2D eigenvalue weighted by molar-refractivity contribution is 5.79. The van der Waals surface area contributed by atoms with Crippen LogP contribution in [0.4, 0.5) is 0 Å². The standard InChI is InChI=1S/C15H22N2O4/c1-11(18)16-7-4-8-17-15(19)9-12-5-6-13(20-2)10-14(12)21-3/h5-6,10H,4,7-9H2,1-3H3,(H,16,18)(H,17,19). The summed E-state index contributed by atoms with van der Waals surface area (Å²) in [6, 6.07) is 5.36. The van der Waals surface area contributed by atoms with Crippen molar-refractivity contribution in [3.05, 3.63) is 23.8 Å². The van der Waals surface area contributed by atoms with Crippen molar-refractivity contribution >= 4 is 11.8 Å². The van der Waals surface area contributed by atoms with Crippen LogP contribution in [-0.4, -0.2) is 39.1 Å². The van der Waals surface area contributed by atoms with Crippen LogP contribution in [0.5, 0.6) is 11.5 Å². The van der Waals surface area contributed by atoms with Crippen molar-refractivity contribution in [2.24, 2.45) is 0 Å². The van der Waals surface area contributed by atoms with E-state index in [9.17, 15) is 9.59 Å². The van der Waals surface area contributed by atoms with Crippen molar-refractivity contribution in [3.63, 3.8) is 0 Å². The Morgan fingerprint density at radius 1 is 1.10 bits per heavy atom. The third-order valence-corrected chi connectivity index (χ3v) is 2.89. The average Bonchev–Trinajstić information content (AvgIpc) is 2.47. The lowest BCUT2D eigenvalue weighted by Gasteiger charge is -2.10. The summed E-state index contributed by atoms with van der Waals surface area (Å²) < 4.78 is 10.4. The van der Waals surface area contributed by atoms with Crippen LogP contribution in [0.25, 0.3) is 0 Å². The van der Waals surface area contributed by atoms with Gasteiger partial charge in [-0.2, -0.15) is 0 Å². The first-order valence-corrected chi connectivity index (χ1v) is 6.79. The molecule has 0 saturated heterocycles. The molecule has 0 bridgehead atoms. The Morgan fingerprint density at radius 2 is 1.81 bits per heavy atom. The summed E-state index contributed by atoms with van der Waals surface area (Å²) in [4.78, 5) is 22.5. The van der Waals surface area contributed by atoms with Crippen LogP contribution in [-0.2, 0) is 16.0 Å². The van der Waals surface area contributed by atoms with Crippen LogP contribution in [0.1, 0.15) is 18.9 Å². The van der Waals surface area contributed by atoms with E-state index in [1.165, 1.54) is 6.92 Å². The fraction of sp³-hybridized carbons (Fsp3) is 0.467. The van der Waals surface area contributed by atoms with Gasteiger partial charge in [0, 0.05) is 31.6 Å². The first-order valence-electron chi connectivity index (χ1n) is 6.79. The Labute approximate surface area is 124 Å². The molecule has 0 spiro atoms. The molecule has 0 heterocycles. The van der Waals surface area contributed by atoms with Gasteiger partial charge in [0.25, 0.3) is 0 Å². The van der Waals surface area contributed by atoms with Crippen molar-refractivity contribution in [1.82, 2.24) is 10.6 Å². The van der Waals surface area contributed by atoms with Crippen molar-refractivity contribution in [1.29, 1.82) is 0 Å². The Hall–Kier alpha value is -2.24. The number of hydrogen-bond acceptors (Lipinski definition) is 4. The molecule has 1 rings (SSSR count). The van der Waals surface area contributed by atoms with Crippen LogP contribution >= 0.6 is 0 Å². The second-order valence-electron chi connectivity index (χ2n) is 4.54. The van der Waals surface area contributed by atoms with E-state index >= 15 is 0 Å². The first kappa shape index (κ1) is 16.8. The molecule has 0 aromatic heterocycles. The summed E-state index contributed by atoms with van der Waals surface area (Å²) in [5.74, 6) is 1.17. The van der Waals surface area contributed by atoms with Crippen molar-refractivity contribution < 1.29 is 19.1 Å². The van der Waals surface area contributed by atoms with E-state index in [-0.39, 0.29) is 18.2 Å². The summed E-state index contributed by atoms with van der Waals surface area (Å²) >= 11 is 0. The molecule has 6 heteroatoms. The topological polar surface area (TPSA) is 76.7 Å². The number of rotatable bonds is 8. The smallest absolute Gasteiger partial charge is 0.224 e. The zero-order chi connectivity index (χ0) is 15.7. The molecule has 1 aromatic rings. The Morgan fingerprint density at radius 3 is 2.43 bits per heavy atom. The molecule has 6 nitrogen and oxygen atoms in total. The van der Waals surface area contributed by atoms with Gasteiger partial charge >= 0.3 is 0 Å². The molecule has 0 fully saturated rings. The SMILES string of the molecule is COc1ccc(CC(=O)NCCCNC(C)=O)c(OC)c1. The predicted molar refractivity (Wildman–Crippen MR) is 79.6 cm³/mol. The zero-order valence-electron chi connectivity index (χ0n) is 12.7. The third-order valence-electron chi connectivity index (χ3n) is 2.89. The maximum atomic E-state index is 11.8. The van der Waals surface area contributed by atoms with E-state index in [4.69, 9.17) is 9.47 Å². The van der Waals surface area contributed by atoms with Gasteiger partial charge in [-0.25, -0.2) is 0 Å². The van der Waals surface area contributed by atoms with E-state index < -0.39 is 0 Å². The minimum Gasteiger partial charge on any atom is -0.497 e. The molecule has 116 valence electrons. The highest BCUT2D eigenvalue weighted by Gasteiger charge is 2.09. The highest BCUT2D eigenvalue weighted by atomic mass is 16.5. The molecule has 21 heavy (non-hydrogen) atoms. The summed E-state index contributed by atoms with van der Waals surface area (Å²) in [5.41, 5.74) is 0.803. The lowest BCUT2D eigenvalue weighted by molar-refractivity contribution is -0.120. The van der Waals surface area contributed by atoms with Crippen LogP contribution in [0.3, 0.4) is 0 Å². The summed E-state index contributed by atoms with van der Waals surface area (Å²) in [6.45, 7) is 2.55. The molecule has 2 N–H and O–H groups in total. The summed E-state index contributed by atoms with van der Waals surface area (Å²) in [7, 11) is 3.14. The second-order valence-corrected chi connectivity index (χ2v) is 4.54. The molecule has 1 aromatic carbocycles. The van der Waals surface area contributed by atoms with E-state index in [1.807, 2.05) is 6.07 Å². The van der Waals surface area contributed by atoms with Gasteiger partial charge in [0.2, 0.25) is 11.8 Å². The number of benzene rings is 1. The minimum absolute atomic E-state index is 0.0655. The fourth-order valence-corrected chi connectivity index (χ4v) is 1.81. The van der Waals surface area contributed by atoms with Crippen molar-refractivity contribution in [2.75, 3.05) is 27.3 Å². The Bertz CT molecular complexity index is 489. The Balaban J connectivity index is 2.42. The number of nitrogens with one attached hydrogen (secondary N) is 2. The van der Waals surface area contributed by atoms with Gasteiger partial charge in [0.05, 0.1) is 20.6 Å². The molecule has 0 atom stereocenters. The molecular formula is C15H22N2O4. The Kier molecular flexibility index (Phi) is 7.08. The van der Waals surface area contributed by atoms with Crippen molar-refractivity contribution in [2.45, 2.75) is 19.8 Å². The summed E-state index contributed by atoms with van der Waals surface area (Å²) in [6.07, 6.45) is 0.943. The van der Waals surface area contributed by atoms with Gasteiger partial charge in [-0.3, -0.25) is 9.59 Å². The molecule has 0 radical (unpaired) electrons. The number of ether oxygens (including phenoxy) is 2. The number of amides is 2. The molecule has 0 saturated carbocycles. The lowest BCUT2D eigenvalue weighted by atomic mass is 10.1. The number of hydrogen-bond donors (Lipinski definition) is 2. The quantitative estimate of drug-likeness (QED) is 0.698. The number of carbonyl (C=O) groups excluding carboxylic acids is 2. The highest BCUT2D eigenvalue weighted by Crippen LogP contribution is 2.24. The second kappa shape index (κ2) is 8.84. The fourth-order valence-electron chi connectivity index (χ4n) is 1.81. The monoisotopic (exact) mass is 294 g/mol. The van der Waals surface area contributed by atoms with E-state index in [2.05, 4.69) is 10.6 Å². The predicted octanol–water partition coefficient (Wildman–Crippen LogP) is 0.889. The molecule has 2 amide bonds. The van der Waals surface area contributed by atoms with E-state index in [0.717, 1.165) is 5.56 Å².